The second-order valence-corrected chi connectivity index (χ2v) is 6.70. The first-order chi connectivity index (χ1) is 13.7. The molecule has 3 heterocycles. The van der Waals surface area contributed by atoms with Gasteiger partial charge in [-0.3, -0.25) is 0 Å². The molecule has 1 atom stereocenters. The van der Waals surface area contributed by atoms with Gasteiger partial charge >= 0.3 is 0 Å². The molecule has 1 fully saturated rings. The maximum atomic E-state index is 9.31. The molecule has 7 heteroatoms. The van der Waals surface area contributed by atoms with Gasteiger partial charge in [0.1, 0.15) is 24.2 Å². The minimum absolute atomic E-state index is 0.133. The molecule has 144 valence electrons. The summed E-state index contributed by atoms with van der Waals surface area (Å²) in [7, 11) is 0. The number of hydrogen-bond acceptors (Lipinski definition) is 7. The standard InChI is InChI=1S/C21H21N3O4/c1-14-4-2-5-15(10-14)26-13-17-7-8-19(27-17)21-24-18(11-22)20(28-21)23-12-16-6-3-9-25-16/h2,4-5,7-8,10,16,23H,3,6,9,12-13H2,1H3. The zero-order valence-electron chi connectivity index (χ0n) is 15.6. The Morgan fingerprint density at radius 1 is 1.29 bits per heavy atom. The highest BCUT2D eigenvalue weighted by Crippen LogP contribution is 2.28. The van der Waals surface area contributed by atoms with Gasteiger partial charge in [0, 0.05) is 13.2 Å². The number of furan rings is 1. The lowest BCUT2D eigenvalue weighted by Gasteiger charge is -2.09. The fraction of sp³-hybridized carbons (Fsp3) is 0.333. The quantitative estimate of drug-likeness (QED) is 0.654. The van der Waals surface area contributed by atoms with Gasteiger partial charge in [-0.2, -0.15) is 10.2 Å². The van der Waals surface area contributed by atoms with Gasteiger partial charge < -0.3 is 23.6 Å². The first-order valence-electron chi connectivity index (χ1n) is 9.26. The number of nitriles is 1. The third-order valence-corrected chi connectivity index (χ3v) is 4.49. The predicted octanol–water partition coefficient (Wildman–Crippen LogP) is 4.28. The average molecular weight is 379 g/mol. The maximum Gasteiger partial charge on any atom is 0.266 e. The molecule has 3 aromatic rings. The molecule has 0 radical (unpaired) electrons. The first kappa shape index (κ1) is 18.1. The van der Waals surface area contributed by atoms with Crippen molar-refractivity contribution in [3.8, 4) is 23.5 Å². The molecule has 0 amide bonds. The van der Waals surface area contributed by atoms with Gasteiger partial charge in [-0.1, -0.05) is 12.1 Å². The van der Waals surface area contributed by atoms with E-state index in [-0.39, 0.29) is 17.7 Å². The number of rotatable bonds is 7. The van der Waals surface area contributed by atoms with Crippen LogP contribution in [0.2, 0.25) is 0 Å². The Labute approximate surface area is 162 Å². The Morgan fingerprint density at radius 3 is 3.00 bits per heavy atom. The van der Waals surface area contributed by atoms with E-state index in [0.29, 0.717) is 30.6 Å². The zero-order chi connectivity index (χ0) is 19.3. The van der Waals surface area contributed by atoms with Crippen LogP contribution < -0.4 is 10.1 Å². The van der Waals surface area contributed by atoms with Crippen LogP contribution in [0.4, 0.5) is 5.88 Å². The first-order valence-corrected chi connectivity index (χ1v) is 9.26. The summed E-state index contributed by atoms with van der Waals surface area (Å²) in [6.07, 6.45) is 2.19. The van der Waals surface area contributed by atoms with E-state index in [1.54, 1.807) is 12.1 Å². The van der Waals surface area contributed by atoms with Crippen molar-refractivity contribution in [1.82, 2.24) is 4.98 Å². The van der Waals surface area contributed by atoms with Gasteiger partial charge in [0.2, 0.25) is 11.6 Å². The summed E-state index contributed by atoms with van der Waals surface area (Å²) < 4.78 is 22.8. The summed E-state index contributed by atoms with van der Waals surface area (Å²) in [5, 5.41) is 12.4. The fourth-order valence-corrected chi connectivity index (χ4v) is 3.06. The van der Waals surface area contributed by atoms with Gasteiger partial charge in [0.15, 0.2) is 5.76 Å². The number of oxazole rings is 1. The van der Waals surface area contributed by atoms with Crippen LogP contribution in [0.5, 0.6) is 5.75 Å². The van der Waals surface area contributed by atoms with E-state index >= 15 is 0 Å². The van der Waals surface area contributed by atoms with Crippen LogP contribution in [-0.4, -0.2) is 24.2 Å². The third kappa shape index (κ3) is 4.18. The molecule has 1 unspecified atom stereocenters. The molecule has 1 aliphatic rings. The highest BCUT2D eigenvalue weighted by Gasteiger charge is 2.20. The van der Waals surface area contributed by atoms with E-state index in [1.807, 2.05) is 37.3 Å². The molecular formula is C21H21N3O4. The number of aryl methyl sites for hydroxylation is 1. The predicted molar refractivity (Wildman–Crippen MR) is 102 cm³/mol. The maximum absolute atomic E-state index is 9.31. The van der Waals surface area contributed by atoms with Crippen molar-refractivity contribution in [2.45, 2.75) is 32.5 Å². The molecule has 2 aromatic heterocycles. The smallest absolute Gasteiger partial charge is 0.266 e. The fourth-order valence-electron chi connectivity index (χ4n) is 3.06. The third-order valence-electron chi connectivity index (χ3n) is 4.49. The van der Waals surface area contributed by atoms with Crippen molar-refractivity contribution in [1.29, 1.82) is 5.26 Å². The van der Waals surface area contributed by atoms with Gasteiger partial charge in [-0.25, -0.2) is 0 Å². The van der Waals surface area contributed by atoms with Gasteiger partial charge in [0.05, 0.1) is 6.10 Å². The Morgan fingerprint density at radius 2 is 2.21 bits per heavy atom. The second kappa shape index (κ2) is 8.19. The minimum Gasteiger partial charge on any atom is -0.486 e. The van der Waals surface area contributed by atoms with E-state index in [4.69, 9.17) is 18.3 Å². The number of benzene rings is 1. The molecular weight excluding hydrogens is 358 g/mol. The summed E-state index contributed by atoms with van der Waals surface area (Å²) in [4.78, 5) is 4.22. The lowest BCUT2D eigenvalue weighted by Crippen LogP contribution is -2.18. The lowest BCUT2D eigenvalue weighted by atomic mass is 10.2. The Kier molecular flexibility index (Phi) is 5.31. The van der Waals surface area contributed by atoms with Crippen LogP contribution in [0.3, 0.4) is 0 Å². The molecule has 28 heavy (non-hydrogen) atoms. The number of nitrogens with one attached hydrogen (secondary N) is 1. The number of aromatic nitrogens is 1. The molecule has 0 spiro atoms. The van der Waals surface area contributed by atoms with E-state index in [0.717, 1.165) is 30.8 Å². The van der Waals surface area contributed by atoms with Crippen molar-refractivity contribution in [2.75, 3.05) is 18.5 Å². The van der Waals surface area contributed by atoms with Crippen molar-refractivity contribution >= 4 is 5.88 Å². The molecule has 1 N–H and O–H groups in total. The number of anilines is 1. The van der Waals surface area contributed by atoms with Gasteiger partial charge in [0.25, 0.3) is 5.89 Å². The van der Waals surface area contributed by atoms with Crippen molar-refractivity contribution in [2.24, 2.45) is 0 Å². The highest BCUT2D eigenvalue weighted by atomic mass is 16.5. The van der Waals surface area contributed by atoms with Gasteiger partial charge in [-0.15, -0.1) is 0 Å². The molecule has 4 rings (SSSR count). The number of nitrogens with zero attached hydrogens (tertiary/aromatic N) is 2. The number of hydrogen-bond donors (Lipinski definition) is 1. The summed E-state index contributed by atoms with van der Waals surface area (Å²) in [6.45, 7) is 3.66. The summed E-state index contributed by atoms with van der Waals surface area (Å²) in [5.74, 6) is 2.46. The molecule has 0 saturated carbocycles. The Hall–Kier alpha value is -3.24. The monoisotopic (exact) mass is 379 g/mol. The van der Waals surface area contributed by atoms with E-state index < -0.39 is 0 Å². The van der Waals surface area contributed by atoms with E-state index in [1.165, 1.54) is 0 Å². The van der Waals surface area contributed by atoms with Crippen LogP contribution in [0.1, 0.15) is 29.9 Å². The van der Waals surface area contributed by atoms with E-state index in [9.17, 15) is 5.26 Å². The largest absolute Gasteiger partial charge is 0.486 e. The zero-order valence-corrected chi connectivity index (χ0v) is 15.6. The van der Waals surface area contributed by atoms with Crippen LogP contribution in [0.15, 0.2) is 45.2 Å². The molecule has 7 nitrogen and oxygen atoms in total. The minimum atomic E-state index is 0.133. The topological polar surface area (TPSA) is 93.5 Å². The SMILES string of the molecule is Cc1cccc(OCc2ccc(-c3nc(C#N)c(NCC4CCCO4)o3)o2)c1. The van der Waals surface area contributed by atoms with Crippen LogP contribution in [-0.2, 0) is 11.3 Å². The van der Waals surface area contributed by atoms with Crippen LogP contribution >= 0.6 is 0 Å². The molecule has 1 aliphatic heterocycles. The van der Waals surface area contributed by atoms with Crippen molar-refractivity contribution < 1.29 is 18.3 Å². The normalized spacial score (nSPS) is 16.1. The average Bonchev–Trinajstić information content (AvgIpc) is 3.45. The second-order valence-electron chi connectivity index (χ2n) is 6.70. The van der Waals surface area contributed by atoms with Crippen LogP contribution in [0.25, 0.3) is 11.7 Å². The van der Waals surface area contributed by atoms with Crippen molar-refractivity contribution in [3.63, 3.8) is 0 Å². The van der Waals surface area contributed by atoms with Crippen LogP contribution in [0, 0.1) is 18.3 Å². The molecule has 0 aliphatic carbocycles. The summed E-state index contributed by atoms with van der Waals surface area (Å²) in [6, 6.07) is 13.4. The molecule has 1 aromatic carbocycles. The van der Waals surface area contributed by atoms with E-state index in [2.05, 4.69) is 10.3 Å². The van der Waals surface area contributed by atoms with Crippen molar-refractivity contribution in [3.05, 3.63) is 53.4 Å². The van der Waals surface area contributed by atoms with Gasteiger partial charge in [-0.05, 0) is 49.6 Å². The summed E-state index contributed by atoms with van der Waals surface area (Å²) in [5.41, 5.74) is 1.33. The highest BCUT2D eigenvalue weighted by molar-refractivity contribution is 5.54. The Balaban J connectivity index is 1.42. The Bertz CT molecular complexity index is 980. The number of ether oxygens (including phenoxy) is 2. The lowest BCUT2D eigenvalue weighted by molar-refractivity contribution is 0.120. The molecule has 1 saturated heterocycles. The molecule has 0 bridgehead atoms. The summed E-state index contributed by atoms with van der Waals surface area (Å²) >= 11 is 0.